The molecule has 1 aliphatic rings. The van der Waals surface area contributed by atoms with Crippen molar-refractivity contribution < 1.29 is 0 Å². The van der Waals surface area contributed by atoms with E-state index >= 15 is 0 Å². The van der Waals surface area contributed by atoms with Crippen molar-refractivity contribution in [2.75, 3.05) is 9.80 Å². The van der Waals surface area contributed by atoms with Crippen LogP contribution in [0, 0.1) is 0 Å². The van der Waals surface area contributed by atoms with E-state index < -0.39 is 0 Å². The first-order valence-corrected chi connectivity index (χ1v) is 15.0. The van der Waals surface area contributed by atoms with Crippen LogP contribution in [-0.2, 0) is 0 Å². The zero-order valence-corrected chi connectivity index (χ0v) is 25.1. The summed E-state index contributed by atoms with van der Waals surface area (Å²) in [7, 11) is 0. The van der Waals surface area contributed by atoms with Crippen molar-refractivity contribution >= 4 is 60.3 Å². The largest absolute Gasteiger partial charge is 0.311 e. The van der Waals surface area contributed by atoms with Gasteiger partial charge in [0.2, 0.25) is 0 Å². The normalized spacial score (nSPS) is 12.6. The summed E-state index contributed by atoms with van der Waals surface area (Å²) in [6, 6.07) is 44.9. The summed E-state index contributed by atoms with van der Waals surface area (Å²) < 4.78 is 2.08. The molecule has 4 heteroatoms. The Labute approximate surface area is 253 Å². The van der Waals surface area contributed by atoms with Gasteiger partial charge in [0.1, 0.15) is 0 Å². The van der Waals surface area contributed by atoms with Gasteiger partial charge in [-0.3, -0.25) is 0 Å². The Balaban J connectivity index is 1.64. The molecule has 2 nitrogen and oxygen atoms in total. The summed E-state index contributed by atoms with van der Waals surface area (Å²) in [4.78, 5) is 4.69. The number of para-hydroxylation sites is 3. The Hall–Kier alpha value is -3.86. The van der Waals surface area contributed by atoms with E-state index in [0.29, 0.717) is 0 Å². The molecule has 0 radical (unpaired) electrons. The molecule has 0 bridgehead atoms. The maximum absolute atomic E-state index is 3.84. The SMILES string of the molecule is Brc1cccc(Br)c1-c1cc(N(C2=CCCC=C2)c2ccccc2)cc(N(c2ccccc2)c2ccccc2)c1. The molecular formula is C36H28Br2N2. The lowest BCUT2D eigenvalue weighted by atomic mass is 10.0. The second-order valence-electron chi connectivity index (χ2n) is 9.62. The quantitative estimate of drug-likeness (QED) is 0.173. The van der Waals surface area contributed by atoms with E-state index in [0.717, 1.165) is 61.4 Å². The van der Waals surface area contributed by atoms with Crippen molar-refractivity contribution in [1.29, 1.82) is 0 Å². The summed E-state index contributed by atoms with van der Waals surface area (Å²) in [6.45, 7) is 0. The van der Waals surface area contributed by atoms with Gasteiger partial charge < -0.3 is 9.80 Å². The van der Waals surface area contributed by atoms with E-state index in [4.69, 9.17) is 0 Å². The van der Waals surface area contributed by atoms with Crippen molar-refractivity contribution in [2.24, 2.45) is 0 Å². The average molecular weight is 648 g/mol. The lowest BCUT2D eigenvalue weighted by molar-refractivity contribution is 0.997. The molecule has 5 aromatic rings. The molecule has 0 heterocycles. The topological polar surface area (TPSA) is 6.48 Å². The van der Waals surface area contributed by atoms with Crippen LogP contribution in [0.1, 0.15) is 12.8 Å². The van der Waals surface area contributed by atoms with Crippen LogP contribution in [0.5, 0.6) is 0 Å². The summed E-state index contributed by atoms with van der Waals surface area (Å²) in [5.74, 6) is 0. The van der Waals surface area contributed by atoms with Crippen LogP contribution in [0.15, 0.2) is 160 Å². The molecule has 40 heavy (non-hydrogen) atoms. The Morgan fingerprint density at radius 2 is 0.975 bits per heavy atom. The highest BCUT2D eigenvalue weighted by Crippen LogP contribution is 2.44. The third kappa shape index (κ3) is 5.56. The van der Waals surface area contributed by atoms with Crippen molar-refractivity contribution in [3.8, 4) is 11.1 Å². The van der Waals surface area contributed by atoms with Crippen molar-refractivity contribution in [3.63, 3.8) is 0 Å². The van der Waals surface area contributed by atoms with Crippen LogP contribution in [-0.4, -0.2) is 0 Å². The molecule has 0 aliphatic heterocycles. The van der Waals surface area contributed by atoms with Gasteiger partial charge in [-0.05, 0) is 91.2 Å². The first kappa shape index (κ1) is 26.4. The molecule has 1 aliphatic carbocycles. The van der Waals surface area contributed by atoms with Gasteiger partial charge in [-0.15, -0.1) is 0 Å². The van der Waals surface area contributed by atoms with E-state index in [9.17, 15) is 0 Å². The zero-order valence-electron chi connectivity index (χ0n) is 21.9. The molecule has 0 amide bonds. The summed E-state index contributed by atoms with van der Waals surface area (Å²) in [6.07, 6.45) is 8.93. The van der Waals surface area contributed by atoms with Crippen molar-refractivity contribution in [2.45, 2.75) is 12.8 Å². The number of rotatable bonds is 7. The molecule has 0 aromatic heterocycles. The first-order valence-electron chi connectivity index (χ1n) is 13.4. The van der Waals surface area contributed by atoms with Crippen LogP contribution in [0.4, 0.5) is 28.4 Å². The molecule has 0 spiro atoms. The van der Waals surface area contributed by atoms with E-state index in [1.807, 2.05) is 0 Å². The fourth-order valence-corrected chi connectivity index (χ4v) is 6.62. The van der Waals surface area contributed by atoms with Crippen LogP contribution in [0.2, 0.25) is 0 Å². The molecular weight excluding hydrogens is 620 g/mol. The van der Waals surface area contributed by atoms with Gasteiger partial charge in [-0.1, -0.05) is 105 Å². The standard InChI is InChI=1S/C36H28Br2N2/c37-34-22-13-23-35(38)36(34)27-24-32(39(28-14-5-1-6-15-28)29-16-7-2-8-17-29)26-33(25-27)40(30-18-9-3-10-19-30)31-20-11-4-12-21-31/h1-3,5-11,13-26H,4,12H2. The minimum Gasteiger partial charge on any atom is -0.311 e. The van der Waals surface area contributed by atoms with Gasteiger partial charge in [-0.25, -0.2) is 0 Å². The van der Waals surface area contributed by atoms with Gasteiger partial charge in [0, 0.05) is 48.6 Å². The highest BCUT2D eigenvalue weighted by Gasteiger charge is 2.21. The number of allylic oxidation sites excluding steroid dienone is 3. The molecule has 196 valence electrons. The molecule has 0 saturated heterocycles. The molecule has 0 fully saturated rings. The van der Waals surface area contributed by atoms with E-state index in [1.165, 1.54) is 5.70 Å². The van der Waals surface area contributed by atoms with Crippen molar-refractivity contribution in [3.05, 3.63) is 160 Å². The molecule has 0 saturated carbocycles. The maximum atomic E-state index is 3.84. The minimum absolute atomic E-state index is 1.03. The van der Waals surface area contributed by atoms with Crippen molar-refractivity contribution in [1.82, 2.24) is 0 Å². The fraction of sp³-hybridized carbons (Fsp3) is 0.0556. The third-order valence-corrected chi connectivity index (χ3v) is 8.27. The smallest absolute Gasteiger partial charge is 0.0488 e. The first-order chi connectivity index (χ1) is 19.7. The van der Waals surface area contributed by atoms with Crippen LogP contribution < -0.4 is 9.80 Å². The van der Waals surface area contributed by atoms with Gasteiger partial charge in [0.15, 0.2) is 0 Å². The molecule has 0 N–H and O–H groups in total. The highest BCUT2D eigenvalue weighted by atomic mass is 79.9. The predicted octanol–water partition coefficient (Wildman–Crippen LogP) is 11.7. The van der Waals surface area contributed by atoms with Gasteiger partial charge >= 0.3 is 0 Å². The average Bonchev–Trinajstić information content (AvgIpc) is 3.00. The summed E-state index contributed by atoms with van der Waals surface area (Å²) in [5.41, 5.74) is 8.91. The van der Waals surface area contributed by atoms with Crippen LogP contribution >= 0.6 is 31.9 Å². The van der Waals surface area contributed by atoms with E-state index in [1.54, 1.807) is 0 Å². The Morgan fingerprint density at radius 1 is 0.475 bits per heavy atom. The predicted molar refractivity (Wildman–Crippen MR) is 177 cm³/mol. The number of nitrogens with zero attached hydrogens (tertiary/aromatic N) is 2. The lowest BCUT2D eigenvalue weighted by Gasteiger charge is -2.31. The molecule has 0 unspecified atom stereocenters. The Kier molecular flexibility index (Phi) is 7.99. The third-order valence-electron chi connectivity index (χ3n) is 6.95. The highest BCUT2D eigenvalue weighted by molar-refractivity contribution is 9.11. The second-order valence-corrected chi connectivity index (χ2v) is 11.3. The number of hydrogen-bond donors (Lipinski definition) is 0. The van der Waals surface area contributed by atoms with Crippen LogP contribution in [0.25, 0.3) is 11.1 Å². The van der Waals surface area contributed by atoms with Gasteiger partial charge in [0.05, 0.1) is 0 Å². The van der Waals surface area contributed by atoms with E-state index in [-0.39, 0.29) is 0 Å². The monoisotopic (exact) mass is 646 g/mol. The second kappa shape index (κ2) is 12.1. The molecule has 0 atom stereocenters. The molecule has 5 aromatic carbocycles. The Bertz CT molecular complexity index is 1600. The number of benzene rings is 5. The maximum Gasteiger partial charge on any atom is 0.0488 e. The number of halogens is 2. The van der Waals surface area contributed by atoms with Gasteiger partial charge in [0.25, 0.3) is 0 Å². The van der Waals surface area contributed by atoms with E-state index in [2.05, 4.69) is 187 Å². The fourth-order valence-electron chi connectivity index (χ4n) is 5.16. The number of hydrogen-bond acceptors (Lipinski definition) is 2. The lowest BCUT2D eigenvalue weighted by Crippen LogP contribution is -2.17. The summed E-state index contributed by atoms with van der Waals surface area (Å²) >= 11 is 7.68. The summed E-state index contributed by atoms with van der Waals surface area (Å²) in [5, 5.41) is 0. The Morgan fingerprint density at radius 3 is 1.48 bits per heavy atom. The molecule has 6 rings (SSSR count). The zero-order chi connectivity index (χ0) is 27.3. The minimum atomic E-state index is 1.03. The van der Waals surface area contributed by atoms with Crippen LogP contribution in [0.3, 0.4) is 0 Å². The van der Waals surface area contributed by atoms with Gasteiger partial charge in [-0.2, -0.15) is 0 Å². The number of anilines is 5.